The van der Waals surface area contributed by atoms with Crippen LogP contribution in [0.15, 0.2) is 12.1 Å². The van der Waals surface area contributed by atoms with Gasteiger partial charge in [0.15, 0.2) is 0 Å². The molecule has 0 aromatic heterocycles. The van der Waals surface area contributed by atoms with Crippen LogP contribution in [0.2, 0.25) is 0 Å². The highest BCUT2D eigenvalue weighted by Crippen LogP contribution is 2.32. The minimum Gasteiger partial charge on any atom is -0.506 e. The van der Waals surface area contributed by atoms with Gasteiger partial charge in [-0.25, -0.2) is 4.79 Å². The number of carbonyl (C=O) groups excluding carboxylic acids is 1. The number of hydrogen-bond donors (Lipinski definition) is 3. The fourth-order valence-corrected chi connectivity index (χ4v) is 4.24. The van der Waals surface area contributed by atoms with Crippen molar-refractivity contribution in [3.05, 3.63) is 24.8 Å². The quantitative estimate of drug-likeness (QED) is 0.557. The van der Waals surface area contributed by atoms with Crippen molar-refractivity contribution in [1.82, 2.24) is 5.32 Å². The lowest BCUT2D eigenvalue weighted by Gasteiger charge is -2.25. The van der Waals surface area contributed by atoms with Crippen LogP contribution in [0.25, 0.3) is 0 Å². The summed E-state index contributed by atoms with van der Waals surface area (Å²) in [6, 6.07) is 3.30. The Hall–Kier alpha value is -0.580. The van der Waals surface area contributed by atoms with Gasteiger partial charge in [-0.2, -0.15) is 0 Å². The van der Waals surface area contributed by atoms with Crippen LogP contribution in [0.4, 0.5) is 0 Å². The molecule has 5 nitrogen and oxygen atoms in total. The van der Waals surface area contributed by atoms with Crippen LogP contribution < -0.4 is 5.32 Å². The Morgan fingerprint density at radius 2 is 1.80 bits per heavy atom. The van der Waals surface area contributed by atoms with Gasteiger partial charge in [0.1, 0.15) is 11.3 Å². The largest absolute Gasteiger partial charge is 0.506 e. The Balaban J connectivity index is 2.30. The number of halogens is 2. The van der Waals surface area contributed by atoms with Crippen LogP contribution >= 0.6 is 45.2 Å². The molecule has 0 atom stereocenters. The molecule has 0 saturated heterocycles. The van der Waals surface area contributed by atoms with E-state index in [-0.39, 0.29) is 11.3 Å². The molecule has 0 unspecified atom stereocenters. The van der Waals surface area contributed by atoms with E-state index in [1.54, 1.807) is 12.1 Å². The summed E-state index contributed by atoms with van der Waals surface area (Å²) in [6.07, 6.45) is 2.41. The van der Waals surface area contributed by atoms with Crippen LogP contribution in [0.3, 0.4) is 0 Å². The van der Waals surface area contributed by atoms with Gasteiger partial charge in [0, 0.05) is 3.57 Å². The molecule has 1 aliphatic carbocycles. The Morgan fingerprint density at radius 3 is 2.35 bits per heavy atom. The van der Waals surface area contributed by atoms with Crippen LogP contribution in [0.1, 0.15) is 36.0 Å². The predicted molar refractivity (Wildman–Crippen MR) is 89.8 cm³/mol. The molecule has 20 heavy (non-hydrogen) atoms. The minimum absolute atomic E-state index is 0.109. The van der Waals surface area contributed by atoms with E-state index in [1.807, 2.05) is 22.6 Å². The Morgan fingerprint density at radius 1 is 1.20 bits per heavy atom. The third-order valence-corrected chi connectivity index (χ3v) is 4.94. The zero-order valence-electron chi connectivity index (χ0n) is 10.4. The van der Waals surface area contributed by atoms with E-state index in [2.05, 4.69) is 27.9 Å². The van der Waals surface area contributed by atoms with Gasteiger partial charge < -0.3 is 15.5 Å². The second-order valence-electron chi connectivity index (χ2n) is 4.83. The van der Waals surface area contributed by atoms with Gasteiger partial charge in [0.25, 0.3) is 5.91 Å². The maximum absolute atomic E-state index is 12.3. The van der Waals surface area contributed by atoms with Crippen molar-refractivity contribution in [2.45, 2.75) is 31.2 Å². The van der Waals surface area contributed by atoms with E-state index in [0.717, 1.165) is 16.4 Å². The molecule has 1 aromatic carbocycles. The molecule has 1 saturated carbocycles. The number of nitrogens with one attached hydrogen (secondary N) is 1. The summed E-state index contributed by atoms with van der Waals surface area (Å²) in [4.78, 5) is 23.7. The Labute approximate surface area is 143 Å². The van der Waals surface area contributed by atoms with Crippen molar-refractivity contribution in [3.63, 3.8) is 0 Å². The summed E-state index contributed by atoms with van der Waals surface area (Å²) in [6.45, 7) is 0. The molecule has 3 N–H and O–H groups in total. The molecule has 1 aromatic rings. The fourth-order valence-electron chi connectivity index (χ4n) is 2.39. The van der Waals surface area contributed by atoms with E-state index >= 15 is 0 Å². The summed E-state index contributed by atoms with van der Waals surface area (Å²) < 4.78 is 1.38. The SMILES string of the molecule is O=C(NC1(C(=O)O)CCCC1)c1cc(I)cc(I)c1O. The molecule has 108 valence electrons. The van der Waals surface area contributed by atoms with Gasteiger partial charge in [0.05, 0.1) is 9.13 Å². The zero-order chi connectivity index (χ0) is 14.9. The third-order valence-electron chi connectivity index (χ3n) is 3.49. The van der Waals surface area contributed by atoms with Gasteiger partial charge in [-0.15, -0.1) is 0 Å². The first-order valence-corrected chi connectivity index (χ1v) is 8.25. The van der Waals surface area contributed by atoms with E-state index in [9.17, 15) is 19.8 Å². The van der Waals surface area contributed by atoms with E-state index in [4.69, 9.17) is 0 Å². The third kappa shape index (κ3) is 3.02. The standard InChI is InChI=1S/C13H13I2NO4/c14-7-5-8(10(17)9(15)6-7)11(18)16-13(12(19)20)3-1-2-4-13/h5-6,17H,1-4H2,(H,16,18)(H,19,20). The average Bonchev–Trinajstić information content (AvgIpc) is 2.83. The molecule has 0 heterocycles. The van der Waals surface area contributed by atoms with Crippen LogP contribution in [0.5, 0.6) is 5.75 Å². The van der Waals surface area contributed by atoms with Crippen molar-refractivity contribution >= 4 is 57.1 Å². The number of carbonyl (C=O) groups is 2. The number of phenols is 1. The first kappa shape index (κ1) is 15.8. The first-order chi connectivity index (χ1) is 9.35. The van der Waals surface area contributed by atoms with Crippen molar-refractivity contribution in [3.8, 4) is 5.75 Å². The molecular formula is C13H13I2NO4. The van der Waals surface area contributed by atoms with Crippen molar-refractivity contribution in [2.75, 3.05) is 0 Å². The molecular weight excluding hydrogens is 488 g/mol. The molecule has 1 amide bonds. The second-order valence-corrected chi connectivity index (χ2v) is 7.24. The van der Waals surface area contributed by atoms with Crippen LogP contribution in [0, 0.1) is 7.14 Å². The number of phenolic OH excluding ortho intramolecular Hbond substituents is 1. The average molecular weight is 501 g/mol. The van der Waals surface area contributed by atoms with Crippen molar-refractivity contribution in [2.24, 2.45) is 0 Å². The number of aliphatic carboxylic acids is 1. The molecule has 0 aliphatic heterocycles. The fraction of sp³-hybridized carbons (Fsp3) is 0.385. The highest BCUT2D eigenvalue weighted by molar-refractivity contribution is 14.1. The lowest BCUT2D eigenvalue weighted by molar-refractivity contribution is -0.144. The molecule has 1 aliphatic rings. The van der Waals surface area contributed by atoms with Crippen molar-refractivity contribution in [1.29, 1.82) is 0 Å². The predicted octanol–water partition coefficient (Wildman–Crippen LogP) is 2.73. The maximum atomic E-state index is 12.3. The van der Waals surface area contributed by atoms with Gasteiger partial charge in [-0.05, 0) is 70.2 Å². The van der Waals surface area contributed by atoms with Gasteiger partial charge in [0.2, 0.25) is 0 Å². The van der Waals surface area contributed by atoms with Gasteiger partial charge in [-0.1, -0.05) is 12.8 Å². The number of benzene rings is 1. The summed E-state index contributed by atoms with van der Waals surface area (Å²) in [5.74, 6) is -1.66. The lowest BCUT2D eigenvalue weighted by Crippen LogP contribution is -2.52. The normalized spacial score (nSPS) is 16.9. The number of amides is 1. The highest BCUT2D eigenvalue weighted by Gasteiger charge is 2.43. The smallest absolute Gasteiger partial charge is 0.329 e. The lowest BCUT2D eigenvalue weighted by atomic mass is 9.97. The van der Waals surface area contributed by atoms with E-state index in [0.29, 0.717) is 16.4 Å². The molecule has 2 rings (SSSR count). The van der Waals surface area contributed by atoms with Gasteiger partial charge in [-0.3, -0.25) is 4.79 Å². The number of carboxylic acid groups (broad SMARTS) is 1. The molecule has 1 fully saturated rings. The summed E-state index contributed by atoms with van der Waals surface area (Å²) in [5, 5.41) is 21.9. The van der Waals surface area contributed by atoms with E-state index in [1.165, 1.54) is 0 Å². The molecule has 0 radical (unpaired) electrons. The minimum atomic E-state index is -1.20. The Bertz CT molecular complexity index is 568. The van der Waals surface area contributed by atoms with Crippen LogP contribution in [-0.4, -0.2) is 27.6 Å². The summed E-state index contributed by atoms with van der Waals surface area (Å²) in [7, 11) is 0. The van der Waals surface area contributed by atoms with Gasteiger partial charge >= 0.3 is 5.97 Å². The molecule has 0 bridgehead atoms. The maximum Gasteiger partial charge on any atom is 0.329 e. The van der Waals surface area contributed by atoms with E-state index < -0.39 is 17.4 Å². The number of rotatable bonds is 3. The molecule has 7 heteroatoms. The molecule has 0 spiro atoms. The van der Waals surface area contributed by atoms with Crippen molar-refractivity contribution < 1.29 is 19.8 Å². The summed E-state index contributed by atoms with van der Waals surface area (Å²) >= 11 is 3.99. The topological polar surface area (TPSA) is 86.6 Å². The summed E-state index contributed by atoms with van der Waals surface area (Å²) in [5.41, 5.74) is -1.08. The number of aromatic hydroxyl groups is 1. The zero-order valence-corrected chi connectivity index (χ0v) is 14.8. The Kier molecular flexibility index (Phi) is 4.77. The monoisotopic (exact) mass is 501 g/mol. The number of hydrogen-bond acceptors (Lipinski definition) is 3. The second kappa shape index (κ2) is 6.04. The first-order valence-electron chi connectivity index (χ1n) is 6.10. The number of carboxylic acids is 1. The van der Waals surface area contributed by atoms with Crippen LogP contribution in [-0.2, 0) is 4.79 Å². The highest BCUT2D eigenvalue weighted by atomic mass is 127.